The Kier molecular flexibility index (Phi) is 6.67. The van der Waals surface area contributed by atoms with Crippen LogP contribution >= 0.6 is 22.9 Å². The van der Waals surface area contributed by atoms with Crippen LogP contribution in [0.2, 0.25) is 5.02 Å². The second kappa shape index (κ2) is 8.74. The molecule has 2 rings (SSSR count). The number of halogens is 1. The maximum atomic E-state index is 5.85. The number of aliphatic imine (C=N–C) groups is 1. The summed E-state index contributed by atoms with van der Waals surface area (Å²) in [6.45, 7) is 4.01. The van der Waals surface area contributed by atoms with E-state index in [1.165, 1.54) is 4.88 Å². The highest BCUT2D eigenvalue weighted by Gasteiger charge is 2.07. The molecule has 0 aliphatic rings. The summed E-state index contributed by atoms with van der Waals surface area (Å²) in [5.41, 5.74) is 0. The molecule has 1 N–H and O–H groups in total. The van der Waals surface area contributed by atoms with E-state index in [-0.39, 0.29) is 0 Å². The fraction of sp³-hybridized carbons (Fsp3) is 0.375. The highest BCUT2D eigenvalue weighted by Crippen LogP contribution is 2.15. The Morgan fingerprint density at radius 1 is 1.39 bits per heavy atom. The molecule has 0 atom stereocenters. The molecule has 1 aromatic heterocycles. The van der Waals surface area contributed by atoms with Crippen molar-refractivity contribution in [3.63, 3.8) is 0 Å². The fourth-order valence-corrected chi connectivity index (χ4v) is 2.81. The number of likely N-dealkylation sites (N-methyl/N-ethyl adjacent to an activating group) is 1. The van der Waals surface area contributed by atoms with Crippen LogP contribution in [-0.4, -0.2) is 43.1 Å². The molecule has 0 saturated carbocycles. The molecule has 23 heavy (non-hydrogen) atoms. The molecule has 1 aromatic carbocycles. The Bertz CT molecular complexity index is 642. The molecule has 1 heterocycles. The summed E-state index contributed by atoms with van der Waals surface area (Å²) in [5.74, 6) is 1.63. The van der Waals surface area contributed by atoms with Gasteiger partial charge in [-0.25, -0.2) is 4.98 Å². The zero-order valence-corrected chi connectivity index (χ0v) is 15.1. The van der Waals surface area contributed by atoms with Gasteiger partial charge in [0.25, 0.3) is 0 Å². The van der Waals surface area contributed by atoms with E-state index < -0.39 is 0 Å². The van der Waals surface area contributed by atoms with Gasteiger partial charge in [0.05, 0.1) is 13.1 Å². The van der Waals surface area contributed by atoms with E-state index in [0.29, 0.717) is 18.2 Å². The highest BCUT2D eigenvalue weighted by atomic mass is 35.5. The van der Waals surface area contributed by atoms with Crippen LogP contribution in [0.3, 0.4) is 0 Å². The van der Waals surface area contributed by atoms with Crippen LogP contribution in [0, 0.1) is 6.92 Å². The Labute approximate surface area is 146 Å². The lowest BCUT2D eigenvalue weighted by Gasteiger charge is -2.21. The van der Waals surface area contributed by atoms with Gasteiger partial charge >= 0.3 is 0 Å². The molecule has 0 fully saturated rings. The third-order valence-electron chi connectivity index (χ3n) is 3.15. The van der Waals surface area contributed by atoms with Crippen LogP contribution in [0.4, 0.5) is 0 Å². The molecule has 7 heteroatoms. The Morgan fingerprint density at radius 3 is 2.74 bits per heavy atom. The third-order valence-corrected chi connectivity index (χ3v) is 4.31. The van der Waals surface area contributed by atoms with E-state index in [4.69, 9.17) is 16.3 Å². The number of aryl methyl sites for hydroxylation is 1. The molecule has 0 spiro atoms. The average molecular weight is 353 g/mol. The van der Waals surface area contributed by atoms with E-state index in [0.717, 1.165) is 23.3 Å². The van der Waals surface area contributed by atoms with Crippen LogP contribution in [0.1, 0.15) is 9.88 Å². The van der Waals surface area contributed by atoms with E-state index in [2.05, 4.69) is 22.2 Å². The van der Waals surface area contributed by atoms with Gasteiger partial charge in [-0.3, -0.25) is 4.99 Å². The minimum Gasteiger partial charge on any atom is -0.492 e. The van der Waals surface area contributed by atoms with E-state index in [1.54, 1.807) is 18.4 Å². The van der Waals surface area contributed by atoms with E-state index in [9.17, 15) is 0 Å². The Morgan fingerprint density at radius 2 is 2.13 bits per heavy atom. The quantitative estimate of drug-likeness (QED) is 0.640. The van der Waals surface area contributed by atoms with Gasteiger partial charge in [-0.05, 0) is 31.2 Å². The first-order valence-electron chi connectivity index (χ1n) is 7.30. The van der Waals surface area contributed by atoms with Crippen LogP contribution < -0.4 is 10.1 Å². The van der Waals surface area contributed by atoms with Crippen molar-refractivity contribution in [2.45, 2.75) is 13.5 Å². The van der Waals surface area contributed by atoms with Crippen LogP contribution in [0.5, 0.6) is 5.75 Å². The number of thiazole rings is 1. The third kappa shape index (κ3) is 5.73. The summed E-state index contributed by atoms with van der Waals surface area (Å²) >= 11 is 7.54. The lowest BCUT2D eigenvalue weighted by molar-refractivity contribution is 0.281. The molecule has 124 valence electrons. The minimum absolute atomic E-state index is 0.565. The lowest BCUT2D eigenvalue weighted by atomic mass is 10.3. The summed E-state index contributed by atoms with van der Waals surface area (Å²) < 4.78 is 5.70. The summed E-state index contributed by atoms with van der Waals surface area (Å²) in [5, 5.41) is 5.06. The van der Waals surface area contributed by atoms with Crippen molar-refractivity contribution in [1.82, 2.24) is 15.2 Å². The SMILES string of the molecule is CN=C(NCc1ncc(C)s1)N(C)CCOc1ccc(Cl)cc1. The van der Waals surface area contributed by atoms with Crippen LogP contribution in [0.25, 0.3) is 0 Å². The predicted molar refractivity (Wildman–Crippen MR) is 96.6 cm³/mol. The van der Waals surface area contributed by atoms with Crippen molar-refractivity contribution in [2.75, 3.05) is 27.2 Å². The van der Waals surface area contributed by atoms with Gasteiger partial charge < -0.3 is 15.0 Å². The molecular weight excluding hydrogens is 332 g/mol. The number of benzene rings is 1. The van der Waals surface area contributed by atoms with Crippen molar-refractivity contribution in [3.8, 4) is 5.75 Å². The summed E-state index contributed by atoms with van der Waals surface area (Å²) in [4.78, 5) is 11.9. The van der Waals surface area contributed by atoms with Crippen molar-refractivity contribution in [1.29, 1.82) is 0 Å². The predicted octanol–water partition coefficient (Wildman–Crippen LogP) is 3.19. The first-order chi connectivity index (χ1) is 11.1. The number of ether oxygens (including phenoxy) is 1. The topological polar surface area (TPSA) is 49.8 Å². The van der Waals surface area contributed by atoms with Gasteiger partial charge in [-0.15, -0.1) is 11.3 Å². The summed E-state index contributed by atoms with van der Waals surface area (Å²) in [7, 11) is 3.75. The zero-order chi connectivity index (χ0) is 16.7. The number of hydrogen-bond donors (Lipinski definition) is 1. The standard InChI is InChI=1S/C16H21ClN4OS/c1-12-10-19-15(23-12)11-20-16(18-2)21(3)8-9-22-14-6-4-13(17)5-7-14/h4-7,10H,8-9,11H2,1-3H3,(H,18,20). The van der Waals surface area contributed by atoms with Crippen LogP contribution in [0.15, 0.2) is 35.5 Å². The van der Waals surface area contributed by atoms with E-state index in [1.807, 2.05) is 42.4 Å². The number of nitrogens with zero attached hydrogens (tertiary/aromatic N) is 3. The van der Waals surface area contributed by atoms with Gasteiger partial charge in [0.1, 0.15) is 17.4 Å². The number of rotatable bonds is 6. The van der Waals surface area contributed by atoms with Gasteiger partial charge in [-0.2, -0.15) is 0 Å². The molecule has 0 saturated heterocycles. The summed E-state index contributed by atoms with van der Waals surface area (Å²) in [6.07, 6.45) is 1.88. The fourth-order valence-electron chi connectivity index (χ4n) is 1.96. The number of aromatic nitrogens is 1. The zero-order valence-electron chi connectivity index (χ0n) is 13.5. The van der Waals surface area contributed by atoms with Gasteiger partial charge in [0, 0.05) is 30.2 Å². The normalized spacial score (nSPS) is 11.4. The maximum Gasteiger partial charge on any atom is 0.193 e. The number of guanidine groups is 1. The first-order valence-corrected chi connectivity index (χ1v) is 8.49. The second-order valence-corrected chi connectivity index (χ2v) is 6.75. The second-order valence-electron chi connectivity index (χ2n) is 4.99. The van der Waals surface area contributed by atoms with Crippen molar-refractivity contribution in [2.24, 2.45) is 4.99 Å². The molecular formula is C16H21ClN4OS. The highest BCUT2D eigenvalue weighted by molar-refractivity contribution is 7.11. The average Bonchev–Trinajstić information content (AvgIpc) is 2.95. The van der Waals surface area contributed by atoms with Gasteiger partial charge in [0.15, 0.2) is 5.96 Å². The van der Waals surface area contributed by atoms with Gasteiger partial charge in [0.2, 0.25) is 0 Å². The van der Waals surface area contributed by atoms with Crippen molar-refractivity contribution >= 4 is 28.9 Å². The molecule has 5 nitrogen and oxygen atoms in total. The van der Waals surface area contributed by atoms with Crippen molar-refractivity contribution < 1.29 is 4.74 Å². The van der Waals surface area contributed by atoms with Crippen LogP contribution in [-0.2, 0) is 6.54 Å². The number of nitrogens with one attached hydrogen (secondary N) is 1. The molecule has 0 aliphatic carbocycles. The largest absolute Gasteiger partial charge is 0.492 e. The molecule has 2 aromatic rings. The Balaban J connectivity index is 1.76. The molecule has 0 bridgehead atoms. The van der Waals surface area contributed by atoms with Crippen molar-refractivity contribution in [3.05, 3.63) is 45.4 Å². The number of hydrogen-bond acceptors (Lipinski definition) is 4. The van der Waals surface area contributed by atoms with Gasteiger partial charge in [-0.1, -0.05) is 11.6 Å². The molecule has 0 aliphatic heterocycles. The first kappa shape index (κ1) is 17.6. The molecule has 0 amide bonds. The monoisotopic (exact) mass is 352 g/mol. The smallest absolute Gasteiger partial charge is 0.193 e. The summed E-state index contributed by atoms with van der Waals surface area (Å²) in [6, 6.07) is 7.36. The minimum atomic E-state index is 0.565. The maximum absolute atomic E-state index is 5.85. The Hall–Kier alpha value is -1.79. The lowest BCUT2D eigenvalue weighted by Crippen LogP contribution is -2.40. The molecule has 0 radical (unpaired) electrons. The molecule has 0 unspecified atom stereocenters. The van der Waals surface area contributed by atoms with E-state index >= 15 is 0 Å².